The van der Waals surface area contributed by atoms with E-state index in [1.165, 1.54) is 19.3 Å². The number of nitrogens with zero attached hydrogens (tertiary/aromatic N) is 2. The van der Waals surface area contributed by atoms with E-state index in [0.29, 0.717) is 10.5 Å². The summed E-state index contributed by atoms with van der Waals surface area (Å²) in [6.45, 7) is 0.752. The molecule has 0 spiro atoms. The van der Waals surface area contributed by atoms with Gasteiger partial charge < -0.3 is 5.32 Å². The van der Waals surface area contributed by atoms with Crippen LogP contribution in [0.2, 0.25) is 0 Å². The number of carbonyl (C=O) groups is 2. The summed E-state index contributed by atoms with van der Waals surface area (Å²) in [6, 6.07) is 2.34. The van der Waals surface area contributed by atoms with Crippen molar-refractivity contribution in [2.24, 2.45) is 0 Å². The number of urea groups is 1. The molecule has 3 amide bonds. The second-order valence-electron chi connectivity index (χ2n) is 4.62. The first kappa shape index (κ1) is 14.3. The summed E-state index contributed by atoms with van der Waals surface area (Å²) in [6.07, 6.45) is -2.76. The lowest BCUT2D eigenvalue weighted by atomic mass is 9.93. The number of nitrogens with one attached hydrogen (secondary N) is 1. The number of hydrogen-bond acceptors (Lipinski definition) is 3. The molecule has 0 aromatic carbocycles. The highest BCUT2D eigenvalue weighted by atomic mass is 19.4. The van der Waals surface area contributed by atoms with Crippen molar-refractivity contribution in [1.29, 1.82) is 0 Å². The van der Waals surface area contributed by atoms with Crippen LogP contribution in [0.15, 0.2) is 24.5 Å². The van der Waals surface area contributed by atoms with Crippen LogP contribution in [-0.2, 0) is 10.3 Å². The van der Waals surface area contributed by atoms with Gasteiger partial charge in [-0.2, -0.15) is 13.2 Å². The molecule has 1 saturated heterocycles. The molecule has 108 valence electrons. The number of amides is 3. The first-order valence-electron chi connectivity index (χ1n) is 5.85. The monoisotopic (exact) mass is 287 g/mol. The average molecular weight is 287 g/mol. The Labute approximate surface area is 112 Å². The van der Waals surface area contributed by atoms with Gasteiger partial charge in [0.05, 0.1) is 6.42 Å². The molecule has 8 heteroatoms. The van der Waals surface area contributed by atoms with Crippen LogP contribution in [-0.4, -0.2) is 34.5 Å². The topological polar surface area (TPSA) is 62.3 Å². The molecule has 2 rings (SSSR count). The molecule has 0 unspecified atom stereocenters. The van der Waals surface area contributed by atoms with Gasteiger partial charge >= 0.3 is 12.2 Å². The van der Waals surface area contributed by atoms with E-state index >= 15 is 0 Å². The van der Waals surface area contributed by atoms with Gasteiger partial charge in [0, 0.05) is 24.5 Å². The summed E-state index contributed by atoms with van der Waals surface area (Å²) >= 11 is 0. The average Bonchev–Trinajstić information content (AvgIpc) is 2.59. The summed E-state index contributed by atoms with van der Waals surface area (Å²) in [5.41, 5.74) is -0.954. The van der Waals surface area contributed by atoms with E-state index in [1.54, 1.807) is 12.1 Å². The molecule has 0 aliphatic carbocycles. The fourth-order valence-corrected chi connectivity index (χ4v) is 1.99. The van der Waals surface area contributed by atoms with Gasteiger partial charge in [0.1, 0.15) is 5.54 Å². The van der Waals surface area contributed by atoms with Crippen LogP contribution in [0.4, 0.5) is 18.0 Å². The number of pyridine rings is 1. The highest BCUT2D eigenvalue weighted by Crippen LogP contribution is 2.29. The van der Waals surface area contributed by atoms with Crippen molar-refractivity contribution < 1.29 is 22.8 Å². The summed E-state index contributed by atoms with van der Waals surface area (Å²) < 4.78 is 36.6. The van der Waals surface area contributed by atoms with Gasteiger partial charge in [-0.15, -0.1) is 0 Å². The summed E-state index contributed by atoms with van der Waals surface area (Å²) in [5, 5.41) is 2.41. The Bertz CT molecular complexity index is 532. The van der Waals surface area contributed by atoms with Crippen LogP contribution in [0, 0.1) is 0 Å². The van der Waals surface area contributed by atoms with E-state index in [4.69, 9.17) is 0 Å². The van der Waals surface area contributed by atoms with Crippen LogP contribution >= 0.6 is 0 Å². The van der Waals surface area contributed by atoms with Crippen LogP contribution in [0.25, 0.3) is 0 Å². The van der Waals surface area contributed by atoms with Crippen molar-refractivity contribution in [2.75, 3.05) is 6.54 Å². The number of halogens is 3. The molecular formula is C12H12F3N3O2. The number of hydrogen-bond donors (Lipinski definition) is 1. The fraction of sp³-hybridized carbons (Fsp3) is 0.417. The highest BCUT2D eigenvalue weighted by Gasteiger charge is 2.49. The Morgan fingerprint density at radius 1 is 1.40 bits per heavy atom. The molecule has 1 aliphatic rings. The Balaban J connectivity index is 2.20. The Hall–Kier alpha value is -2.12. The van der Waals surface area contributed by atoms with E-state index in [-0.39, 0.29) is 0 Å². The minimum Gasteiger partial charge on any atom is -0.319 e. The molecule has 1 N–H and O–H groups in total. The fourth-order valence-electron chi connectivity index (χ4n) is 1.99. The third-order valence-corrected chi connectivity index (χ3v) is 3.13. The number of imide groups is 1. The maximum Gasteiger partial charge on any atom is 0.390 e. The molecule has 1 fully saturated rings. The predicted molar refractivity (Wildman–Crippen MR) is 62.5 cm³/mol. The van der Waals surface area contributed by atoms with Crippen molar-refractivity contribution in [1.82, 2.24) is 15.2 Å². The smallest absolute Gasteiger partial charge is 0.319 e. The molecule has 2 heterocycles. The molecule has 5 nitrogen and oxygen atoms in total. The third kappa shape index (κ3) is 2.59. The quantitative estimate of drug-likeness (QED) is 0.862. The van der Waals surface area contributed by atoms with Gasteiger partial charge in [0.25, 0.3) is 5.91 Å². The van der Waals surface area contributed by atoms with E-state index in [2.05, 4.69) is 10.3 Å². The lowest BCUT2D eigenvalue weighted by molar-refractivity contribution is -0.142. The van der Waals surface area contributed by atoms with Gasteiger partial charge in [-0.3, -0.25) is 14.7 Å². The molecular weight excluding hydrogens is 275 g/mol. The summed E-state index contributed by atoms with van der Waals surface area (Å²) in [7, 11) is 0. The highest BCUT2D eigenvalue weighted by molar-refractivity contribution is 6.07. The first-order valence-corrected chi connectivity index (χ1v) is 5.85. The summed E-state index contributed by atoms with van der Waals surface area (Å²) in [5.74, 6) is -0.709. The lowest BCUT2D eigenvalue weighted by Crippen LogP contribution is -2.41. The van der Waals surface area contributed by atoms with Crippen molar-refractivity contribution in [2.45, 2.75) is 25.1 Å². The van der Waals surface area contributed by atoms with Crippen LogP contribution in [0.1, 0.15) is 18.9 Å². The molecule has 20 heavy (non-hydrogen) atoms. The van der Waals surface area contributed by atoms with Crippen LogP contribution in [0.5, 0.6) is 0 Å². The number of alkyl halides is 3. The minimum absolute atomic E-state index is 0.424. The first-order chi connectivity index (χ1) is 9.24. The zero-order valence-corrected chi connectivity index (χ0v) is 10.6. The van der Waals surface area contributed by atoms with Crippen LogP contribution < -0.4 is 5.32 Å². The van der Waals surface area contributed by atoms with Crippen molar-refractivity contribution in [3.63, 3.8) is 0 Å². The largest absolute Gasteiger partial charge is 0.390 e. The molecule has 1 aromatic heterocycles. The number of rotatable bonds is 3. The zero-order valence-electron chi connectivity index (χ0n) is 10.6. The third-order valence-electron chi connectivity index (χ3n) is 3.13. The van der Waals surface area contributed by atoms with E-state index in [0.717, 1.165) is 0 Å². The van der Waals surface area contributed by atoms with Crippen molar-refractivity contribution in [3.8, 4) is 0 Å². The van der Waals surface area contributed by atoms with Crippen molar-refractivity contribution in [3.05, 3.63) is 30.1 Å². The SMILES string of the molecule is C[C@@]1(c2cccnc2)NC(=O)N(CCC(F)(F)F)C1=O. The maximum absolute atomic E-state index is 12.2. The van der Waals surface area contributed by atoms with E-state index < -0.39 is 36.6 Å². The molecule has 0 saturated carbocycles. The minimum atomic E-state index is -4.42. The predicted octanol–water partition coefficient (Wildman–Crippen LogP) is 1.80. The molecule has 1 aromatic rings. The standard InChI is InChI=1S/C12H12F3N3O2/c1-11(8-3-2-5-16-7-8)9(19)18(10(20)17-11)6-4-12(13,14)15/h2-3,5,7H,4,6H2,1H3,(H,17,20)/t11-/m0/s1. The molecule has 1 atom stereocenters. The Morgan fingerprint density at radius 3 is 2.65 bits per heavy atom. The number of aromatic nitrogens is 1. The lowest BCUT2D eigenvalue weighted by Gasteiger charge is -2.21. The Kier molecular flexibility index (Phi) is 3.41. The van der Waals surface area contributed by atoms with Crippen molar-refractivity contribution >= 4 is 11.9 Å². The van der Waals surface area contributed by atoms with Gasteiger partial charge in [-0.1, -0.05) is 6.07 Å². The normalized spacial score (nSPS) is 23.1. The van der Waals surface area contributed by atoms with Gasteiger partial charge in [-0.25, -0.2) is 4.79 Å². The number of carbonyl (C=O) groups excluding carboxylic acids is 2. The Morgan fingerprint density at radius 2 is 2.10 bits per heavy atom. The van der Waals surface area contributed by atoms with Gasteiger partial charge in [-0.05, 0) is 13.0 Å². The maximum atomic E-state index is 12.2. The van der Waals surface area contributed by atoms with Gasteiger partial charge in [0.15, 0.2) is 0 Å². The zero-order chi connectivity index (χ0) is 15.0. The summed E-state index contributed by atoms with van der Waals surface area (Å²) in [4.78, 5) is 28.3. The second-order valence-corrected chi connectivity index (χ2v) is 4.62. The van der Waals surface area contributed by atoms with Crippen LogP contribution in [0.3, 0.4) is 0 Å². The van der Waals surface area contributed by atoms with Gasteiger partial charge in [0.2, 0.25) is 0 Å². The molecule has 0 radical (unpaired) electrons. The molecule has 0 bridgehead atoms. The molecule has 1 aliphatic heterocycles. The second kappa shape index (κ2) is 4.77. The van der Waals surface area contributed by atoms with E-state index in [1.807, 2.05) is 0 Å². The van der Waals surface area contributed by atoms with E-state index in [9.17, 15) is 22.8 Å².